The lowest BCUT2D eigenvalue weighted by molar-refractivity contribution is 0.244. The Balaban J connectivity index is 1.76. The summed E-state index contributed by atoms with van der Waals surface area (Å²) in [7, 11) is 0. The molecule has 20 heavy (non-hydrogen) atoms. The first-order valence-corrected chi connectivity index (χ1v) is 6.62. The largest absolute Gasteiger partial charge is 0.334 e. The zero-order valence-electron chi connectivity index (χ0n) is 10.8. The van der Waals surface area contributed by atoms with Gasteiger partial charge in [0.2, 0.25) is 0 Å². The number of hydrogen-bond donors (Lipinski definition) is 2. The Labute approximate surface area is 123 Å². The van der Waals surface area contributed by atoms with Crippen LogP contribution in [0.2, 0.25) is 5.02 Å². The third-order valence-corrected chi connectivity index (χ3v) is 2.91. The maximum Gasteiger partial charge on any atom is 0.319 e. The minimum atomic E-state index is -0.237. The van der Waals surface area contributed by atoms with Crippen LogP contribution in [0.1, 0.15) is 11.1 Å². The predicted molar refractivity (Wildman–Crippen MR) is 82.3 cm³/mol. The van der Waals surface area contributed by atoms with Crippen molar-refractivity contribution in [3.05, 3.63) is 76.9 Å². The second-order valence-electron chi connectivity index (χ2n) is 4.20. The van der Waals surface area contributed by atoms with Gasteiger partial charge < -0.3 is 10.6 Å². The molecule has 0 unspecified atom stereocenters. The molecule has 0 aliphatic rings. The molecule has 0 aliphatic heterocycles. The van der Waals surface area contributed by atoms with E-state index >= 15 is 0 Å². The summed E-state index contributed by atoms with van der Waals surface area (Å²) >= 11 is 5.79. The third kappa shape index (κ3) is 4.78. The van der Waals surface area contributed by atoms with Crippen molar-refractivity contribution in [2.24, 2.45) is 0 Å². The van der Waals surface area contributed by atoms with Crippen LogP contribution in [0, 0.1) is 0 Å². The Morgan fingerprint density at radius 1 is 1.05 bits per heavy atom. The molecule has 0 aromatic heterocycles. The van der Waals surface area contributed by atoms with Crippen molar-refractivity contribution in [3.8, 4) is 0 Å². The number of halogens is 1. The van der Waals surface area contributed by atoms with Crippen molar-refractivity contribution < 1.29 is 4.79 Å². The highest BCUT2D eigenvalue weighted by Crippen LogP contribution is 2.10. The van der Waals surface area contributed by atoms with Gasteiger partial charge in [-0.25, -0.2) is 4.79 Å². The van der Waals surface area contributed by atoms with E-state index in [2.05, 4.69) is 10.6 Å². The highest BCUT2D eigenvalue weighted by atomic mass is 35.5. The lowest BCUT2D eigenvalue weighted by Crippen LogP contribution is -2.31. The smallest absolute Gasteiger partial charge is 0.319 e. The van der Waals surface area contributed by atoms with Crippen molar-refractivity contribution in [1.82, 2.24) is 10.6 Å². The summed E-state index contributed by atoms with van der Waals surface area (Å²) in [4.78, 5) is 11.6. The molecule has 4 heteroatoms. The van der Waals surface area contributed by atoms with Crippen LogP contribution in [-0.4, -0.2) is 6.03 Å². The van der Waals surface area contributed by atoms with Crippen LogP contribution in [0.3, 0.4) is 0 Å². The molecule has 0 atom stereocenters. The van der Waals surface area contributed by atoms with Gasteiger partial charge in [0, 0.05) is 17.8 Å². The SMILES string of the molecule is O=C(N/C=C/c1ccc(Cl)cc1)NCc1ccccc1. The van der Waals surface area contributed by atoms with E-state index in [1.54, 1.807) is 24.4 Å². The van der Waals surface area contributed by atoms with Crippen LogP contribution < -0.4 is 10.6 Å². The summed E-state index contributed by atoms with van der Waals surface area (Å²) in [5.41, 5.74) is 2.03. The van der Waals surface area contributed by atoms with Gasteiger partial charge >= 0.3 is 6.03 Å². The summed E-state index contributed by atoms with van der Waals surface area (Å²) in [6, 6.07) is 16.9. The zero-order valence-corrected chi connectivity index (χ0v) is 11.6. The summed E-state index contributed by atoms with van der Waals surface area (Å²) in [6.07, 6.45) is 3.40. The first-order chi connectivity index (χ1) is 9.74. The molecule has 2 amide bonds. The zero-order chi connectivity index (χ0) is 14.2. The van der Waals surface area contributed by atoms with Gasteiger partial charge in [0.25, 0.3) is 0 Å². The maximum absolute atomic E-state index is 11.6. The van der Waals surface area contributed by atoms with Crippen LogP contribution in [0.15, 0.2) is 60.8 Å². The maximum atomic E-state index is 11.6. The molecular weight excluding hydrogens is 272 g/mol. The Morgan fingerprint density at radius 2 is 1.75 bits per heavy atom. The topological polar surface area (TPSA) is 41.1 Å². The number of amides is 2. The van der Waals surface area contributed by atoms with Crippen molar-refractivity contribution in [1.29, 1.82) is 0 Å². The quantitative estimate of drug-likeness (QED) is 0.882. The fraction of sp³-hybridized carbons (Fsp3) is 0.0625. The first-order valence-electron chi connectivity index (χ1n) is 6.24. The number of hydrogen-bond acceptors (Lipinski definition) is 1. The molecule has 2 N–H and O–H groups in total. The minimum absolute atomic E-state index is 0.237. The molecule has 0 bridgehead atoms. The van der Waals surface area contributed by atoms with E-state index in [-0.39, 0.29) is 6.03 Å². The van der Waals surface area contributed by atoms with Crippen molar-refractivity contribution in [2.45, 2.75) is 6.54 Å². The minimum Gasteiger partial charge on any atom is -0.334 e. The monoisotopic (exact) mass is 286 g/mol. The van der Waals surface area contributed by atoms with E-state index < -0.39 is 0 Å². The van der Waals surface area contributed by atoms with Gasteiger partial charge in [0.1, 0.15) is 0 Å². The standard InChI is InChI=1S/C16H15ClN2O/c17-15-8-6-13(7-9-15)10-11-18-16(20)19-12-14-4-2-1-3-5-14/h1-11H,12H2,(H2,18,19,20)/b11-10+. The number of urea groups is 1. The van der Waals surface area contributed by atoms with Crippen LogP contribution in [0.25, 0.3) is 6.08 Å². The van der Waals surface area contributed by atoms with Crippen molar-refractivity contribution in [3.63, 3.8) is 0 Å². The summed E-state index contributed by atoms with van der Waals surface area (Å²) in [5.74, 6) is 0. The van der Waals surface area contributed by atoms with Gasteiger partial charge in [0.15, 0.2) is 0 Å². The number of benzene rings is 2. The summed E-state index contributed by atoms with van der Waals surface area (Å²) in [5, 5.41) is 6.11. The fourth-order valence-corrected chi connectivity index (χ4v) is 1.74. The van der Waals surface area contributed by atoms with E-state index in [4.69, 9.17) is 11.6 Å². The Hall–Kier alpha value is -2.26. The highest BCUT2D eigenvalue weighted by molar-refractivity contribution is 6.30. The molecule has 0 saturated heterocycles. The van der Waals surface area contributed by atoms with Crippen molar-refractivity contribution in [2.75, 3.05) is 0 Å². The molecule has 3 nitrogen and oxygen atoms in total. The molecule has 2 aromatic carbocycles. The Kier molecular flexibility index (Phi) is 5.21. The lowest BCUT2D eigenvalue weighted by Gasteiger charge is -2.04. The molecule has 0 saturated carbocycles. The fourth-order valence-electron chi connectivity index (χ4n) is 1.62. The van der Waals surface area contributed by atoms with Gasteiger partial charge in [-0.2, -0.15) is 0 Å². The normalized spacial score (nSPS) is 10.4. The molecule has 102 valence electrons. The van der Waals surface area contributed by atoms with E-state index in [1.807, 2.05) is 42.5 Å². The molecule has 0 heterocycles. The molecule has 2 rings (SSSR count). The Bertz CT molecular complexity index is 579. The Morgan fingerprint density at radius 3 is 2.45 bits per heavy atom. The number of nitrogens with one attached hydrogen (secondary N) is 2. The number of rotatable bonds is 4. The average Bonchev–Trinajstić information content (AvgIpc) is 2.48. The van der Waals surface area contributed by atoms with Gasteiger partial charge in [-0.05, 0) is 29.3 Å². The molecule has 0 aliphatic carbocycles. The van der Waals surface area contributed by atoms with Gasteiger partial charge in [0.05, 0.1) is 0 Å². The second-order valence-corrected chi connectivity index (χ2v) is 4.63. The van der Waals surface area contributed by atoms with E-state index in [9.17, 15) is 4.79 Å². The number of carbonyl (C=O) groups excluding carboxylic acids is 1. The second kappa shape index (κ2) is 7.36. The molecular formula is C16H15ClN2O. The summed E-state index contributed by atoms with van der Waals surface area (Å²) in [6.45, 7) is 0.501. The van der Waals surface area contributed by atoms with Crippen LogP contribution in [-0.2, 0) is 6.54 Å². The van der Waals surface area contributed by atoms with E-state index in [0.717, 1.165) is 11.1 Å². The third-order valence-electron chi connectivity index (χ3n) is 2.66. The lowest BCUT2D eigenvalue weighted by atomic mass is 10.2. The predicted octanol–water partition coefficient (Wildman–Crippen LogP) is 3.81. The van der Waals surface area contributed by atoms with Gasteiger partial charge in [-0.3, -0.25) is 0 Å². The average molecular weight is 287 g/mol. The molecule has 2 aromatic rings. The van der Waals surface area contributed by atoms with Crippen molar-refractivity contribution >= 4 is 23.7 Å². The highest BCUT2D eigenvalue weighted by Gasteiger charge is 1.96. The van der Waals surface area contributed by atoms with Crippen LogP contribution in [0.4, 0.5) is 4.79 Å². The molecule has 0 radical (unpaired) electrons. The van der Waals surface area contributed by atoms with Gasteiger partial charge in [-0.15, -0.1) is 0 Å². The molecule has 0 fully saturated rings. The van der Waals surface area contributed by atoms with Crippen LogP contribution in [0.5, 0.6) is 0 Å². The molecule has 0 spiro atoms. The van der Waals surface area contributed by atoms with Crippen LogP contribution >= 0.6 is 11.6 Å². The van der Waals surface area contributed by atoms with Gasteiger partial charge in [-0.1, -0.05) is 54.1 Å². The van der Waals surface area contributed by atoms with E-state index in [1.165, 1.54) is 0 Å². The summed E-state index contributed by atoms with van der Waals surface area (Å²) < 4.78 is 0. The van der Waals surface area contributed by atoms with E-state index in [0.29, 0.717) is 11.6 Å². The first kappa shape index (κ1) is 14.2. The number of carbonyl (C=O) groups is 1.